The van der Waals surface area contributed by atoms with Crippen molar-refractivity contribution in [2.45, 2.75) is 34.6 Å². The van der Waals surface area contributed by atoms with Gasteiger partial charge in [0.15, 0.2) is 0 Å². The van der Waals surface area contributed by atoms with Gasteiger partial charge < -0.3 is 0 Å². The first-order chi connectivity index (χ1) is 4.89. The molecule has 0 bridgehead atoms. The molecule has 3 radical (unpaired) electrons. The van der Waals surface area contributed by atoms with Crippen molar-refractivity contribution < 1.29 is 29.6 Å². The van der Waals surface area contributed by atoms with E-state index in [1.165, 1.54) is 21.9 Å². The van der Waals surface area contributed by atoms with Crippen LogP contribution >= 0.6 is 0 Å². The largest absolute Gasteiger partial charge is 1.00 e. The van der Waals surface area contributed by atoms with Gasteiger partial charge in [0.05, 0.1) is 10.2 Å². The molecule has 59 valence electrons. The van der Waals surface area contributed by atoms with E-state index >= 15 is 0 Å². The fourth-order valence-electron chi connectivity index (χ4n) is 1.59. The van der Waals surface area contributed by atoms with Gasteiger partial charge in [-0.15, -0.1) is 0 Å². The molecule has 0 spiro atoms. The van der Waals surface area contributed by atoms with E-state index in [4.69, 9.17) is 0 Å². The summed E-state index contributed by atoms with van der Waals surface area (Å²) in [4.78, 5) is 0. The van der Waals surface area contributed by atoms with Crippen LogP contribution in [0.3, 0.4) is 0 Å². The van der Waals surface area contributed by atoms with Gasteiger partial charge in [-0.1, -0.05) is 30.2 Å². The molecule has 0 saturated carbocycles. The third-order valence-corrected chi connectivity index (χ3v) is 4.06. The number of allylic oxidation sites excluding steroid dienone is 4. The summed E-state index contributed by atoms with van der Waals surface area (Å²) < 4.78 is 0. The van der Waals surface area contributed by atoms with Crippen molar-refractivity contribution in [1.29, 1.82) is 0 Å². The summed E-state index contributed by atoms with van der Waals surface area (Å²) in [7, 11) is 3.70. The van der Waals surface area contributed by atoms with E-state index in [9.17, 15) is 0 Å². The Bertz CT molecular complexity index is 233. The van der Waals surface area contributed by atoms with Crippen molar-refractivity contribution in [3.05, 3.63) is 21.9 Å². The maximum absolute atomic E-state index is 3.70. The molecule has 0 aromatic heterocycles. The molecule has 0 aromatic carbocycles. The Balaban J connectivity index is 0.00000121. The van der Waals surface area contributed by atoms with Gasteiger partial charge in [-0.25, -0.2) is 0 Å². The van der Waals surface area contributed by atoms with Crippen LogP contribution in [0.2, 0.25) is 0 Å². The van der Waals surface area contributed by atoms with Crippen molar-refractivity contribution in [1.82, 2.24) is 0 Å². The number of rotatable bonds is 0. The van der Waals surface area contributed by atoms with E-state index < -0.39 is 0 Å². The Morgan fingerprint density at radius 2 is 1.42 bits per heavy atom. The fourth-order valence-corrected chi connectivity index (χ4v) is 1.97. The molecule has 0 aliphatic heterocycles. The van der Waals surface area contributed by atoms with Crippen molar-refractivity contribution in [2.24, 2.45) is 5.41 Å². The standard InChI is InChI=1S/C10H15Si.Na/c1-6-7(2)9(11)10(4,5)8(6)3;/h1-5H3;/q;+1. The van der Waals surface area contributed by atoms with Gasteiger partial charge in [0.2, 0.25) is 0 Å². The molecule has 1 aliphatic rings. The molecule has 0 unspecified atom stereocenters. The van der Waals surface area contributed by atoms with Crippen LogP contribution in [0.25, 0.3) is 0 Å². The molecule has 0 heterocycles. The summed E-state index contributed by atoms with van der Waals surface area (Å²) in [5, 5.41) is 1.34. The minimum Gasteiger partial charge on any atom is -0.0759 e. The molecule has 0 amide bonds. The van der Waals surface area contributed by atoms with Gasteiger partial charge in [-0.3, -0.25) is 0 Å². The predicted molar refractivity (Wildman–Crippen MR) is 50.6 cm³/mol. The van der Waals surface area contributed by atoms with Crippen molar-refractivity contribution in [2.75, 3.05) is 0 Å². The Morgan fingerprint density at radius 3 is 1.50 bits per heavy atom. The molecule has 0 nitrogen and oxygen atoms in total. The van der Waals surface area contributed by atoms with Gasteiger partial charge in [-0.05, 0) is 26.3 Å². The smallest absolute Gasteiger partial charge is 0.0759 e. The summed E-state index contributed by atoms with van der Waals surface area (Å²) in [6.07, 6.45) is 0. The van der Waals surface area contributed by atoms with Crippen LogP contribution in [0.5, 0.6) is 0 Å². The summed E-state index contributed by atoms with van der Waals surface area (Å²) in [5.74, 6) is 0. The number of hydrogen-bond donors (Lipinski definition) is 0. The topological polar surface area (TPSA) is 0 Å². The molecule has 0 saturated heterocycles. The summed E-state index contributed by atoms with van der Waals surface area (Å²) in [6.45, 7) is 11.1. The second-order valence-electron chi connectivity index (χ2n) is 3.88. The zero-order valence-corrected chi connectivity index (χ0v) is 12.0. The molecular weight excluding hydrogens is 171 g/mol. The van der Waals surface area contributed by atoms with E-state index in [2.05, 4.69) is 44.9 Å². The van der Waals surface area contributed by atoms with Crippen LogP contribution in [-0.2, 0) is 0 Å². The average Bonchev–Trinajstić information content (AvgIpc) is 2.06. The van der Waals surface area contributed by atoms with E-state index in [1.54, 1.807) is 0 Å². The maximum atomic E-state index is 3.70. The zero-order chi connectivity index (χ0) is 8.81. The van der Waals surface area contributed by atoms with Gasteiger partial charge in [0, 0.05) is 5.41 Å². The van der Waals surface area contributed by atoms with Crippen molar-refractivity contribution in [3.63, 3.8) is 0 Å². The second-order valence-corrected chi connectivity index (χ2v) is 4.38. The van der Waals surface area contributed by atoms with Crippen LogP contribution < -0.4 is 29.6 Å². The van der Waals surface area contributed by atoms with Crippen LogP contribution in [0.15, 0.2) is 21.9 Å². The van der Waals surface area contributed by atoms with E-state index in [0.717, 1.165) is 0 Å². The van der Waals surface area contributed by atoms with Gasteiger partial charge in [-0.2, -0.15) is 0 Å². The van der Waals surface area contributed by atoms with Crippen LogP contribution in [0.4, 0.5) is 0 Å². The van der Waals surface area contributed by atoms with Gasteiger partial charge >= 0.3 is 29.6 Å². The Hall–Kier alpha value is 0.697. The SMILES string of the molecule is CC1=C(C)C(C)(C)C([Si])=C1C.[Na+]. The zero-order valence-electron chi connectivity index (χ0n) is 9.00. The molecule has 1 aliphatic carbocycles. The second kappa shape index (κ2) is 3.83. The summed E-state index contributed by atoms with van der Waals surface area (Å²) in [6, 6.07) is 0. The maximum Gasteiger partial charge on any atom is 1.00 e. The predicted octanol–water partition coefficient (Wildman–Crippen LogP) is -0.191. The molecule has 12 heavy (non-hydrogen) atoms. The Labute approximate surface area is 101 Å². The molecule has 1 rings (SSSR count). The van der Waals surface area contributed by atoms with E-state index in [0.29, 0.717) is 0 Å². The minimum atomic E-state index is 0. The molecular formula is C10H15NaSi+. The molecule has 0 atom stereocenters. The third-order valence-electron chi connectivity index (χ3n) is 3.06. The van der Waals surface area contributed by atoms with Crippen molar-refractivity contribution >= 4 is 10.2 Å². The minimum absolute atomic E-state index is 0. The normalized spacial score (nSPS) is 21.5. The van der Waals surface area contributed by atoms with Crippen LogP contribution in [0.1, 0.15) is 34.6 Å². The summed E-state index contributed by atoms with van der Waals surface area (Å²) >= 11 is 0. The number of hydrogen-bond acceptors (Lipinski definition) is 0. The third kappa shape index (κ3) is 1.65. The monoisotopic (exact) mass is 186 g/mol. The van der Waals surface area contributed by atoms with E-state index in [-0.39, 0.29) is 35.0 Å². The molecule has 0 N–H and O–H groups in total. The van der Waals surface area contributed by atoms with Gasteiger partial charge in [0.25, 0.3) is 0 Å². The van der Waals surface area contributed by atoms with Crippen molar-refractivity contribution in [3.8, 4) is 0 Å². The first-order valence-electron chi connectivity index (χ1n) is 4.00. The first-order valence-corrected chi connectivity index (χ1v) is 4.50. The summed E-state index contributed by atoms with van der Waals surface area (Å²) in [5.41, 5.74) is 4.56. The fraction of sp³-hybridized carbons (Fsp3) is 0.600. The Morgan fingerprint density at radius 1 is 1.00 bits per heavy atom. The Kier molecular flexibility index (Phi) is 4.05. The van der Waals surface area contributed by atoms with E-state index in [1.807, 2.05) is 0 Å². The van der Waals surface area contributed by atoms with Crippen LogP contribution in [-0.4, -0.2) is 10.2 Å². The first kappa shape index (κ1) is 12.7. The van der Waals surface area contributed by atoms with Gasteiger partial charge in [0.1, 0.15) is 0 Å². The molecule has 0 aromatic rings. The van der Waals surface area contributed by atoms with Crippen LogP contribution in [0, 0.1) is 5.41 Å². The quantitative estimate of drug-likeness (QED) is 0.460. The molecule has 0 fully saturated rings. The molecule has 2 heteroatoms. The average molecular weight is 186 g/mol.